The van der Waals surface area contributed by atoms with Gasteiger partial charge in [0, 0.05) is 50.8 Å². The Bertz CT molecular complexity index is 1790. The van der Waals surface area contributed by atoms with Crippen molar-refractivity contribution < 1.29 is 23.9 Å². The van der Waals surface area contributed by atoms with Gasteiger partial charge in [0.1, 0.15) is 17.3 Å². The van der Waals surface area contributed by atoms with E-state index >= 15 is 0 Å². The number of piperazine rings is 1. The van der Waals surface area contributed by atoms with E-state index in [0.717, 1.165) is 73.4 Å². The monoisotopic (exact) mass is 712 g/mol. The van der Waals surface area contributed by atoms with Crippen LogP contribution in [0.3, 0.4) is 0 Å². The summed E-state index contributed by atoms with van der Waals surface area (Å²) in [4.78, 5) is 53.0. The predicted octanol–water partition coefficient (Wildman–Crippen LogP) is 5.79. The molecule has 49 heavy (non-hydrogen) atoms. The Labute approximate surface area is 299 Å². The van der Waals surface area contributed by atoms with E-state index in [1.54, 1.807) is 19.2 Å². The van der Waals surface area contributed by atoms with Crippen LogP contribution in [0.2, 0.25) is 0 Å². The number of imidazole rings is 1. The lowest BCUT2D eigenvalue weighted by molar-refractivity contribution is -0.132. The number of aryl methyl sites for hydroxylation is 2. The van der Waals surface area contributed by atoms with Gasteiger partial charge in [-0.2, -0.15) is 0 Å². The molecular weight excluding hydrogens is 667 g/mol. The molecule has 0 saturated carbocycles. The number of likely N-dealkylation sites (N-methyl/N-ethyl adjacent to an activating group) is 1. The Morgan fingerprint density at radius 2 is 1.69 bits per heavy atom. The van der Waals surface area contributed by atoms with Gasteiger partial charge in [0.05, 0.1) is 41.6 Å². The number of primary amides is 1. The summed E-state index contributed by atoms with van der Waals surface area (Å²) < 4.78 is 11.9. The normalized spacial score (nSPS) is 13.0. The number of amides is 3. The minimum absolute atomic E-state index is 0. The van der Waals surface area contributed by atoms with Crippen LogP contribution in [-0.4, -0.2) is 91.5 Å². The number of aromatic nitrogens is 2. The summed E-state index contributed by atoms with van der Waals surface area (Å²) in [5.74, 6) is 0.511. The second-order valence-electron chi connectivity index (χ2n) is 12.1. The van der Waals surface area contributed by atoms with Crippen molar-refractivity contribution in [2.45, 2.75) is 39.5 Å². The Kier molecular flexibility index (Phi) is 13.9. The Balaban J connectivity index is 0.00000325. The van der Waals surface area contributed by atoms with E-state index in [-0.39, 0.29) is 47.6 Å². The number of rotatable bonds is 12. The Hall–Kier alpha value is -4.32. The van der Waals surface area contributed by atoms with Crippen LogP contribution >= 0.6 is 24.8 Å². The summed E-state index contributed by atoms with van der Waals surface area (Å²) in [6, 6.07) is 14.7. The zero-order valence-electron chi connectivity index (χ0n) is 28.7. The first-order valence-corrected chi connectivity index (χ1v) is 16.0. The molecule has 2 heterocycles. The number of hydrogen-bond acceptors (Lipinski definition) is 7. The number of benzene rings is 3. The van der Waals surface area contributed by atoms with E-state index in [9.17, 15) is 14.4 Å². The van der Waals surface area contributed by atoms with Crippen LogP contribution < -0.4 is 20.1 Å². The van der Waals surface area contributed by atoms with E-state index in [1.807, 2.05) is 55.1 Å². The Morgan fingerprint density at radius 3 is 2.39 bits per heavy atom. The number of methoxy groups -OCH3 is 1. The number of ether oxygens (including phenoxy) is 2. The van der Waals surface area contributed by atoms with Crippen molar-refractivity contribution in [3.8, 4) is 22.6 Å². The molecule has 4 aromatic rings. The largest absolute Gasteiger partial charge is 0.495 e. The average molecular weight is 714 g/mol. The minimum atomic E-state index is -0.780. The van der Waals surface area contributed by atoms with E-state index < -0.39 is 11.8 Å². The fourth-order valence-electron chi connectivity index (χ4n) is 6.06. The average Bonchev–Trinajstić information content (AvgIpc) is 3.45. The molecule has 264 valence electrons. The molecule has 0 atom stereocenters. The molecule has 3 aromatic carbocycles. The zero-order chi connectivity index (χ0) is 33.7. The summed E-state index contributed by atoms with van der Waals surface area (Å²) in [5.41, 5.74) is 10.4. The van der Waals surface area contributed by atoms with Gasteiger partial charge in [0.2, 0.25) is 5.91 Å². The maximum Gasteiger partial charge on any atom is 0.259 e. The quantitative estimate of drug-likeness (QED) is 0.178. The summed E-state index contributed by atoms with van der Waals surface area (Å²) in [6.07, 6.45) is 2.97. The number of H-pyrrole nitrogens is 1. The molecule has 0 spiro atoms. The zero-order valence-corrected chi connectivity index (χ0v) is 30.3. The maximum atomic E-state index is 14.0. The van der Waals surface area contributed by atoms with Gasteiger partial charge in [0.15, 0.2) is 0 Å². The predicted molar refractivity (Wildman–Crippen MR) is 198 cm³/mol. The molecule has 3 amide bonds. The highest BCUT2D eigenvalue weighted by Crippen LogP contribution is 2.39. The van der Waals surface area contributed by atoms with Gasteiger partial charge in [-0.05, 0) is 76.1 Å². The fraction of sp³-hybridized carbons (Fsp3) is 0.389. The smallest absolute Gasteiger partial charge is 0.259 e. The van der Waals surface area contributed by atoms with E-state index in [2.05, 4.69) is 21.9 Å². The lowest BCUT2D eigenvalue weighted by atomic mass is 9.95. The van der Waals surface area contributed by atoms with Crippen LogP contribution in [0.15, 0.2) is 48.5 Å². The van der Waals surface area contributed by atoms with Crippen molar-refractivity contribution in [2.24, 2.45) is 5.73 Å². The third-order valence-corrected chi connectivity index (χ3v) is 8.69. The number of nitrogens with one attached hydrogen (secondary N) is 1. The van der Waals surface area contributed by atoms with Crippen LogP contribution in [0.5, 0.6) is 11.5 Å². The highest BCUT2D eigenvalue weighted by molar-refractivity contribution is 6.15. The highest BCUT2D eigenvalue weighted by atomic mass is 35.5. The van der Waals surface area contributed by atoms with Crippen molar-refractivity contribution in [2.75, 3.05) is 58.9 Å². The molecule has 3 N–H and O–H groups in total. The van der Waals surface area contributed by atoms with E-state index in [0.29, 0.717) is 30.0 Å². The van der Waals surface area contributed by atoms with Gasteiger partial charge in [0.25, 0.3) is 11.8 Å². The van der Waals surface area contributed by atoms with Gasteiger partial charge in [-0.3, -0.25) is 14.4 Å². The summed E-state index contributed by atoms with van der Waals surface area (Å²) >= 11 is 0. The number of hydrogen-bond donors (Lipinski definition) is 2. The molecule has 0 radical (unpaired) electrons. The van der Waals surface area contributed by atoms with Crippen LogP contribution in [0, 0.1) is 13.8 Å². The SMILES string of the molecule is COc1c(-c2cccc3[nH]c(C)nc23)ccc(C(=O)N(C)c2ccc(C)cc2OCCCCCC(=O)N2CCN(C)CC2)c1C(N)=O.Cl.Cl. The second kappa shape index (κ2) is 17.4. The summed E-state index contributed by atoms with van der Waals surface area (Å²) in [5, 5.41) is 0. The second-order valence-corrected chi connectivity index (χ2v) is 12.1. The lowest BCUT2D eigenvalue weighted by Gasteiger charge is -2.32. The van der Waals surface area contributed by atoms with Crippen LogP contribution in [-0.2, 0) is 4.79 Å². The molecule has 1 aromatic heterocycles. The number of carbonyl (C=O) groups excluding carboxylic acids is 3. The molecule has 0 unspecified atom stereocenters. The van der Waals surface area contributed by atoms with Crippen LogP contribution in [0.1, 0.15) is 57.8 Å². The number of nitrogens with zero attached hydrogens (tertiary/aromatic N) is 4. The molecule has 11 nitrogen and oxygen atoms in total. The van der Waals surface area contributed by atoms with Crippen molar-refractivity contribution in [3.05, 3.63) is 71.0 Å². The third kappa shape index (κ3) is 8.83. The summed E-state index contributed by atoms with van der Waals surface area (Å²) in [6.45, 7) is 7.68. The molecule has 5 rings (SSSR count). The topological polar surface area (TPSA) is 134 Å². The number of aromatic amines is 1. The first-order valence-electron chi connectivity index (χ1n) is 16.0. The van der Waals surface area contributed by atoms with Crippen molar-refractivity contribution in [1.29, 1.82) is 0 Å². The number of halogens is 2. The van der Waals surface area contributed by atoms with Crippen molar-refractivity contribution in [3.63, 3.8) is 0 Å². The molecule has 1 aliphatic rings. The lowest BCUT2D eigenvalue weighted by Crippen LogP contribution is -2.47. The number of nitrogens with two attached hydrogens (primary N) is 1. The molecule has 1 fully saturated rings. The van der Waals surface area contributed by atoms with E-state index in [1.165, 1.54) is 12.0 Å². The summed E-state index contributed by atoms with van der Waals surface area (Å²) in [7, 11) is 5.17. The number of para-hydroxylation sites is 1. The van der Waals surface area contributed by atoms with Crippen molar-refractivity contribution >= 4 is 59.3 Å². The molecule has 13 heteroatoms. The number of unbranched alkanes of at least 4 members (excludes halogenated alkanes) is 2. The molecular formula is C36H46Cl2N6O5. The molecule has 1 aliphatic heterocycles. The van der Waals surface area contributed by atoms with Gasteiger partial charge >= 0.3 is 0 Å². The molecule has 0 bridgehead atoms. The third-order valence-electron chi connectivity index (χ3n) is 8.69. The standard InChI is InChI=1S/C36H44N6O5.2ClH/c1-23-13-16-29(30(22-23)47-21-8-6-7-12-31(43)42-19-17-40(3)18-20-42)41(4)36(45)27-15-14-26(34(46-5)32(27)35(37)44)25-10-9-11-28-33(25)39-24(2)38-28;;/h9-11,13-16,22H,6-8,12,17-21H2,1-5H3,(H2,37,44)(H,38,39);2*1H. The first kappa shape index (κ1) is 39.1. The van der Waals surface area contributed by atoms with Crippen LogP contribution in [0.4, 0.5) is 5.69 Å². The number of carbonyl (C=O) groups is 3. The van der Waals surface area contributed by atoms with Gasteiger partial charge in [-0.15, -0.1) is 24.8 Å². The number of fused-ring (bicyclic) bond motifs is 1. The van der Waals surface area contributed by atoms with E-state index in [4.69, 9.17) is 15.2 Å². The Morgan fingerprint density at radius 1 is 0.959 bits per heavy atom. The van der Waals surface area contributed by atoms with Crippen LogP contribution in [0.25, 0.3) is 22.2 Å². The minimum Gasteiger partial charge on any atom is -0.495 e. The molecule has 1 saturated heterocycles. The maximum absolute atomic E-state index is 14.0. The highest BCUT2D eigenvalue weighted by Gasteiger charge is 2.28. The van der Waals surface area contributed by atoms with Gasteiger partial charge in [-0.1, -0.05) is 18.2 Å². The fourth-order valence-corrected chi connectivity index (χ4v) is 6.06. The molecule has 0 aliphatic carbocycles. The van der Waals surface area contributed by atoms with Gasteiger partial charge in [-0.25, -0.2) is 4.98 Å². The first-order chi connectivity index (χ1) is 22.6. The number of anilines is 1. The van der Waals surface area contributed by atoms with Gasteiger partial charge < -0.3 is 34.9 Å². The van der Waals surface area contributed by atoms with Crippen molar-refractivity contribution in [1.82, 2.24) is 19.8 Å².